The molecule has 0 spiro atoms. The average Bonchev–Trinajstić information content (AvgIpc) is 3.12. The quantitative estimate of drug-likeness (QED) is 0.493. The van der Waals surface area contributed by atoms with Gasteiger partial charge in [0.1, 0.15) is 5.75 Å². The van der Waals surface area contributed by atoms with Crippen molar-refractivity contribution in [2.24, 2.45) is 0 Å². The Kier molecular flexibility index (Phi) is 7.08. The van der Waals surface area contributed by atoms with Crippen LogP contribution in [-0.2, 0) is 4.79 Å². The molecule has 0 atom stereocenters. The number of carbonyl (C=O) groups is 1. The number of nitrogens with one attached hydrogen (secondary N) is 1. The van der Waals surface area contributed by atoms with E-state index in [0.717, 1.165) is 28.0 Å². The maximum atomic E-state index is 12.3. The zero-order valence-corrected chi connectivity index (χ0v) is 17.5. The molecule has 152 valence electrons. The van der Waals surface area contributed by atoms with E-state index in [9.17, 15) is 4.79 Å². The van der Waals surface area contributed by atoms with Crippen molar-refractivity contribution in [2.75, 3.05) is 25.6 Å². The van der Waals surface area contributed by atoms with E-state index < -0.39 is 0 Å². The van der Waals surface area contributed by atoms with Gasteiger partial charge in [0.05, 0.1) is 30.5 Å². The van der Waals surface area contributed by atoms with Crippen LogP contribution in [0.2, 0.25) is 0 Å². The number of thiazole rings is 1. The lowest BCUT2D eigenvalue weighted by molar-refractivity contribution is -0.111. The lowest BCUT2D eigenvalue weighted by Crippen LogP contribution is -2.07. The summed E-state index contributed by atoms with van der Waals surface area (Å²) in [6.45, 7) is 5.22. The zero-order chi connectivity index (χ0) is 20.6. The number of rotatable bonds is 9. The molecule has 3 aromatic rings. The van der Waals surface area contributed by atoms with E-state index in [1.54, 1.807) is 13.2 Å². The number of fused-ring (bicyclic) bond motifs is 1. The number of methoxy groups -OCH3 is 1. The first-order valence-corrected chi connectivity index (χ1v) is 10.3. The van der Waals surface area contributed by atoms with Crippen LogP contribution < -0.4 is 19.5 Å². The van der Waals surface area contributed by atoms with Crippen molar-refractivity contribution in [2.45, 2.75) is 20.3 Å². The van der Waals surface area contributed by atoms with Gasteiger partial charge < -0.3 is 14.2 Å². The standard InChI is InChI=1S/C22H24N2O4S/c1-4-12-28-18-10-6-15(13-19(18)26-3)7-11-21(25)24-22-23-17-9-8-16(27-5-2)14-20(17)29-22/h6-11,13-14H,4-5,12H2,1-3H3,(H,23,24,25)/b11-7+. The highest BCUT2D eigenvalue weighted by Crippen LogP contribution is 2.30. The molecule has 29 heavy (non-hydrogen) atoms. The van der Waals surface area contributed by atoms with Crippen molar-refractivity contribution in [1.82, 2.24) is 4.98 Å². The number of carbonyl (C=O) groups excluding carboxylic acids is 1. The van der Waals surface area contributed by atoms with Gasteiger partial charge in [-0.25, -0.2) is 4.98 Å². The van der Waals surface area contributed by atoms with Crippen molar-refractivity contribution in [3.05, 3.63) is 48.0 Å². The predicted octanol–water partition coefficient (Wildman–Crippen LogP) is 5.14. The largest absolute Gasteiger partial charge is 0.494 e. The van der Waals surface area contributed by atoms with Crippen LogP contribution >= 0.6 is 11.3 Å². The summed E-state index contributed by atoms with van der Waals surface area (Å²) in [4.78, 5) is 16.7. The molecule has 3 rings (SSSR count). The molecule has 2 aromatic carbocycles. The molecule has 1 aromatic heterocycles. The number of benzene rings is 2. The molecule has 0 aliphatic heterocycles. The van der Waals surface area contributed by atoms with E-state index in [-0.39, 0.29) is 5.91 Å². The molecule has 1 heterocycles. The zero-order valence-electron chi connectivity index (χ0n) is 16.7. The Labute approximate surface area is 174 Å². The predicted molar refractivity (Wildman–Crippen MR) is 117 cm³/mol. The summed E-state index contributed by atoms with van der Waals surface area (Å²) in [6, 6.07) is 11.2. The van der Waals surface area contributed by atoms with E-state index in [1.165, 1.54) is 17.4 Å². The minimum absolute atomic E-state index is 0.251. The molecule has 6 nitrogen and oxygen atoms in total. The van der Waals surface area contributed by atoms with Gasteiger partial charge in [0, 0.05) is 6.08 Å². The monoisotopic (exact) mass is 412 g/mol. The molecule has 0 aliphatic carbocycles. The summed E-state index contributed by atoms with van der Waals surface area (Å²) < 4.78 is 17.5. The summed E-state index contributed by atoms with van der Waals surface area (Å²) in [7, 11) is 1.60. The molecule has 0 radical (unpaired) electrons. The number of anilines is 1. The summed E-state index contributed by atoms with van der Waals surface area (Å²) in [5.41, 5.74) is 1.66. The fourth-order valence-electron chi connectivity index (χ4n) is 2.65. The van der Waals surface area contributed by atoms with Gasteiger partial charge in [0.25, 0.3) is 0 Å². The number of nitrogens with zero attached hydrogens (tertiary/aromatic N) is 1. The maximum absolute atomic E-state index is 12.3. The highest BCUT2D eigenvalue weighted by molar-refractivity contribution is 7.22. The van der Waals surface area contributed by atoms with Gasteiger partial charge in [-0.2, -0.15) is 0 Å². The van der Waals surface area contributed by atoms with Crippen LogP contribution in [0, 0.1) is 0 Å². The van der Waals surface area contributed by atoms with E-state index >= 15 is 0 Å². The van der Waals surface area contributed by atoms with Crippen molar-refractivity contribution < 1.29 is 19.0 Å². The normalized spacial score (nSPS) is 11.0. The SMILES string of the molecule is CCCOc1ccc(/C=C/C(=O)Nc2nc3ccc(OCC)cc3s2)cc1OC. The first-order chi connectivity index (χ1) is 14.1. The van der Waals surface area contributed by atoms with Crippen LogP contribution in [0.25, 0.3) is 16.3 Å². The third-order valence-electron chi connectivity index (χ3n) is 3.98. The Morgan fingerprint density at radius 1 is 1.14 bits per heavy atom. The Balaban J connectivity index is 1.67. The second-order valence-electron chi connectivity index (χ2n) is 6.16. The van der Waals surface area contributed by atoms with Crippen molar-refractivity contribution >= 4 is 38.7 Å². The molecule has 0 aliphatic rings. The molecule has 1 N–H and O–H groups in total. The molecule has 0 unspecified atom stereocenters. The summed E-state index contributed by atoms with van der Waals surface area (Å²) in [5, 5.41) is 3.35. The van der Waals surface area contributed by atoms with Crippen LogP contribution in [-0.4, -0.2) is 31.2 Å². The minimum atomic E-state index is -0.251. The van der Waals surface area contributed by atoms with Gasteiger partial charge in [0.15, 0.2) is 16.6 Å². The Bertz CT molecular complexity index is 1010. The second kappa shape index (κ2) is 9.93. The molecule has 0 fully saturated rings. The van der Waals surface area contributed by atoms with Gasteiger partial charge in [-0.1, -0.05) is 24.3 Å². The lowest BCUT2D eigenvalue weighted by Gasteiger charge is -2.10. The number of ether oxygens (including phenoxy) is 3. The molecule has 0 saturated heterocycles. The maximum Gasteiger partial charge on any atom is 0.250 e. The number of hydrogen-bond acceptors (Lipinski definition) is 6. The molecular formula is C22H24N2O4S. The van der Waals surface area contributed by atoms with Crippen LogP contribution in [0.1, 0.15) is 25.8 Å². The molecule has 0 bridgehead atoms. The average molecular weight is 413 g/mol. The third kappa shape index (κ3) is 5.48. The Hall–Kier alpha value is -3.06. The van der Waals surface area contributed by atoms with Crippen molar-refractivity contribution in [1.29, 1.82) is 0 Å². The molecule has 7 heteroatoms. The van der Waals surface area contributed by atoms with Crippen LogP contribution in [0.4, 0.5) is 5.13 Å². The molecular weight excluding hydrogens is 388 g/mol. The lowest BCUT2D eigenvalue weighted by atomic mass is 10.2. The van der Waals surface area contributed by atoms with E-state index in [0.29, 0.717) is 29.8 Å². The third-order valence-corrected chi connectivity index (χ3v) is 4.91. The number of amides is 1. The first kappa shape index (κ1) is 20.7. The van der Waals surface area contributed by atoms with E-state index in [4.69, 9.17) is 14.2 Å². The summed E-state index contributed by atoms with van der Waals surface area (Å²) in [5.74, 6) is 1.87. The van der Waals surface area contributed by atoms with Crippen LogP contribution in [0.3, 0.4) is 0 Å². The van der Waals surface area contributed by atoms with Gasteiger partial charge in [-0.3, -0.25) is 10.1 Å². The van der Waals surface area contributed by atoms with Gasteiger partial charge in [0.2, 0.25) is 5.91 Å². The highest BCUT2D eigenvalue weighted by Gasteiger charge is 2.08. The fourth-order valence-corrected chi connectivity index (χ4v) is 3.55. The van der Waals surface area contributed by atoms with E-state index in [2.05, 4.69) is 10.3 Å². The summed E-state index contributed by atoms with van der Waals surface area (Å²) >= 11 is 1.41. The van der Waals surface area contributed by atoms with Gasteiger partial charge in [-0.05, 0) is 55.3 Å². The highest BCUT2D eigenvalue weighted by atomic mass is 32.1. The smallest absolute Gasteiger partial charge is 0.250 e. The van der Waals surface area contributed by atoms with Gasteiger partial charge in [-0.15, -0.1) is 0 Å². The van der Waals surface area contributed by atoms with Crippen molar-refractivity contribution in [3.63, 3.8) is 0 Å². The minimum Gasteiger partial charge on any atom is -0.494 e. The fraction of sp³-hybridized carbons (Fsp3) is 0.273. The van der Waals surface area contributed by atoms with Crippen molar-refractivity contribution in [3.8, 4) is 17.2 Å². The Morgan fingerprint density at radius 3 is 2.76 bits per heavy atom. The topological polar surface area (TPSA) is 69.7 Å². The van der Waals surface area contributed by atoms with E-state index in [1.807, 2.05) is 50.2 Å². The molecule has 0 saturated carbocycles. The van der Waals surface area contributed by atoms with Crippen LogP contribution in [0.5, 0.6) is 17.2 Å². The first-order valence-electron chi connectivity index (χ1n) is 9.46. The number of hydrogen-bond donors (Lipinski definition) is 1. The Morgan fingerprint density at radius 2 is 2.00 bits per heavy atom. The number of aromatic nitrogens is 1. The van der Waals surface area contributed by atoms with Gasteiger partial charge >= 0.3 is 0 Å². The van der Waals surface area contributed by atoms with Crippen LogP contribution in [0.15, 0.2) is 42.5 Å². The summed E-state index contributed by atoms with van der Waals surface area (Å²) in [6.07, 6.45) is 4.12. The second-order valence-corrected chi connectivity index (χ2v) is 7.19. The molecule has 1 amide bonds.